The number of esters is 1. The lowest BCUT2D eigenvalue weighted by Crippen LogP contribution is -2.48. The summed E-state index contributed by atoms with van der Waals surface area (Å²) in [5, 5.41) is 12.8. The zero-order valence-electron chi connectivity index (χ0n) is 10.1. The molecule has 0 radical (unpaired) electrons. The minimum Gasteiger partial charge on any atom is -0.467 e. The number of carbonyl (C=O) groups is 1. The van der Waals surface area contributed by atoms with Crippen molar-refractivity contribution in [3.63, 3.8) is 0 Å². The fraction of sp³-hybridized carbons (Fsp3) is 0.900. The van der Waals surface area contributed by atoms with Crippen molar-refractivity contribution < 1.29 is 14.6 Å². The van der Waals surface area contributed by atoms with E-state index < -0.39 is 11.6 Å². The van der Waals surface area contributed by atoms with Crippen LogP contribution in [0.2, 0.25) is 0 Å². The van der Waals surface area contributed by atoms with E-state index in [1.165, 1.54) is 14.0 Å². The van der Waals surface area contributed by atoms with Gasteiger partial charge in [0, 0.05) is 17.8 Å². The Kier molecular flexibility index (Phi) is 5.62. The molecule has 0 aromatic heterocycles. The molecule has 1 unspecified atom stereocenters. The molecule has 0 saturated heterocycles. The van der Waals surface area contributed by atoms with Gasteiger partial charge in [0.25, 0.3) is 0 Å². The number of methoxy groups -OCH3 is 1. The zero-order chi connectivity index (χ0) is 12.1. The lowest BCUT2D eigenvalue weighted by atomic mass is 10.1. The summed E-state index contributed by atoms with van der Waals surface area (Å²) >= 11 is 1.73. The summed E-state index contributed by atoms with van der Waals surface area (Å²) in [7, 11) is 1.27. The van der Waals surface area contributed by atoms with Crippen LogP contribution in [0.4, 0.5) is 0 Å². The first kappa shape index (κ1) is 14.7. The molecule has 0 heterocycles. The van der Waals surface area contributed by atoms with Crippen molar-refractivity contribution in [1.82, 2.24) is 5.32 Å². The van der Waals surface area contributed by atoms with E-state index in [0.29, 0.717) is 0 Å². The van der Waals surface area contributed by atoms with Crippen LogP contribution >= 0.6 is 11.8 Å². The fourth-order valence-electron chi connectivity index (χ4n) is 0.971. The lowest BCUT2D eigenvalue weighted by molar-refractivity contribution is -0.159. The van der Waals surface area contributed by atoms with Crippen LogP contribution in [-0.4, -0.2) is 47.9 Å². The van der Waals surface area contributed by atoms with Crippen molar-refractivity contribution in [2.24, 2.45) is 0 Å². The third-order valence-electron chi connectivity index (χ3n) is 2.20. The second kappa shape index (κ2) is 5.72. The summed E-state index contributed by atoms with van der Waals surface area (Å²) in [6.07, 6.45) is 2.03. The van der Waals surface area contributed by atoms with Gasteiger partial charge in [0.1, 0.15) is 0 Å². The van der Waals surface area contributed by atoms with Gasteiger partial charge in [-0.3, -0.25) is 0 Å². The third kappa shape index (κ3) is 5.39. The van der Waals surface area contributed by atoms with Crippen LogP contribution in [0.25, 0.3) is 0 Å². The molecule has 15 heavy (non-hydrogen) atoms. The van der Waals surface area contributed by atoms with Gasteiger partial charge in [0.05, 0.1) is 7.11 Å². The van der Waals surface area contributed by atoms with Gasteiger partial charge in [0.2, 0.25) is 0 Å². The number of rotatable bonds is 6. The zero-order valence-corrected chi connectivity index (χ0v) is 10.9. The van der Waals surface area contributed by atoms with Crippen molar-refractivity contribution in [2.45, 2.75) is 31.1 Å². The largest absolute Gasteiger partial charge is 0.467 e. The standard InChI is InChI=1S/C10H21NO3S/c1-9(2,15-5)6-11-7-10(3,13)8(12)14-4/h11,13H,6-7H2,1-5H3. The number of nitrogens with one attached hydrogen (secondary N) is 1. The summed E-state index contributed by atoms with van der Waals surface area (Å²) in [6, 6.07) is 0. The molecule has 0 bridgehead atoms. The molecule has 1 atom stereocenters. The van der Waals surface area contributed by atoms with Crippen LogP contribution in [0.1, 0.15) is 20.8 Å². The number of carbonyl (C=O) groups excluding carboxylic acids is 1. The molecule has 90 valence electrons. The summed E-state index contributed by atoms with van der Waals surface area (Å²) in [5.41, 5.74) is -1.46. The summed E-state index contributed by atoms with van der Waals surface area (Å²) in [6.45, 7) is 6.55. The number of hydrogen-bond donors (Lipinski definition) is 2. The van der Waals surface area contributed by atoms with Crippen LogP contribution < -0.4 is 5.32 Å². The smallest absolute Gasteiger partial charge is 0.338 e. The first-order valence-corrected chi connectivity index (χ1v) is 6.04. The Labute approximate surface area is 95.8 Å². The predicted molar refractivity (Wildman–Crippen MR) is 63.1 cm³/mol. The average molecular weight is 235 g/mol. The molecular weight excluding hydrogens is 214 g/mol. The van der Waals surface area contributed by atoms with E-state index in [4.69, 9.17) is 0 Å². The molecule has 0 aliphatic heterocycles. The highest BCUT2D eigenvalue weighted by Gasteiger charge is 2.31. The minimum absolute atomic E-state index is 0.0895. The highest BCUT2D eigenvalue weighted by molar-refractivity contribution is 7.99. The Morgan fingerprint density at radius 1 is 1.40 bits per heavy atom. The number of ether oxygens (including phenoxy) is 1. The molecule has 0 aromatic rings. The topological polar surface area (TPSA) is 58.6 Å². The van der Waals surface area contributed by atoms with Gasteiger partial charge >= 0.3 is 5.97 Å². The average Bonchev–Trinajstić information content (AvgIpc) is 2.16. The van der Waals surface area contributed by atoms with E-state index in [1.807, 2.05) is 6.26 Å². The van der Waals surface area contributed by atoms with E-state index in [9.17, 15) is 9.90 Å². The minimum atomic E-state index is -1.46. The van der Waals surface area contributed by atoms with Gasteiger partial charge in [-0.15, -0.1) is 0 Å². The van der Waals surface area contributed by atoms with E-state index in [-0.39, 0.29) is 11.3 Å². The number of hydrogen-bond acceptors (Lipinski definition) is 5. The van der Waals surface area contributed by atoms with Crippen LogP contribution in [0.3, 0.4) is 0 Å². The molecule has 0 aromatic carbocycles. The quantitative estimate of drug-likeness (QED) is 0.662. The molecule has 5 heteroatoms. The van der Waals surface area contributed by atoms with E-state index in [2.05, 4.69) is 23.9 Å². The van der Waals surface area contributed by atoms with Gasteiger partial charge in [-0.05, 0) is 27.0 Å². The molecule has 2 N–H and O–H groups in total. The normalized spacial score (nSPS) is 15.9. The van der Waals surface area contributed by atoms with Crippen molar-refractivity contribution in [2.75, 3.05) is 26.5 Å². The van der Waals surface area contributed by atoms with Crippen LogP contribution in [-0.2, 0) is 9.53 Å². The monoisotopic (exact) mass is 235 g/mol. The Morgan fingerprint density at radius 2 is 1.93 bits per heavy atom. The van der Waals surface area contributed by atoms with Gasteiger partial charge in [0.15, 0.2) is 5.60 Å². The maximum atomic E-state index is 11.1. The third-order valence-corrected chi connectivity index (χ3v) is 3.45. The Balaban J connectivity index is 4.00. The van der Waals surface area contributed by atoms with E-state index in [1.54, 1.807) is 11.8 Å². The van der Waals surface area contributed by atoms with Gasteiger partial charge in [-0.2, -0.15) is 11.8 Å². The molecule has 0 spiro atoms. The van der Waals surface area contributed by atoms with Gasteiger partial charge in [-0.25, -0.2) is 4.79 Å². The maximum absolute atomic E-state index is 11.1. The molecule has 0 rings (SSSR count). The van der Waals surface area contributed by atoms with Crippen molar-refractivity contribution >= 4 is 17.7 Å². The Bertz CT molecular complexity index is 217. The summed E-state index contributed by atoms with van der Waals surface area (Å²) in [4.78, 5) is 11.1. The SMILES string of the molecule is COC(=O)C(C)(O)CNCC(C)(C)SC. The summed E-state index contributed by atoms with van der Waals surface area (Å²) in [5.74, 6) is -0.614. The second-order valence-corrected chi connectivity index (χ2v) is 5.85. The maximum Gasteiger partial charge on any atom is 0.338 e. The van der Waals surface area contributed by atoms with Crippen molar-refractivity contribution in [1.29, 1.82) is 0 Å². The van der Waals surface area contributed by atoms with E-state index in [0.717, 1.165) is 6.54 Å². The molecule has 0 aliphatic carbocycles. The molecule has 4 nitrogen and oxygen atoms in total. The van der Waals surface area contributed by atoms with Crippen LogP contribution in [0, 0.1) is 0 Å². The van der Waals surface area contributed by atoms with E-state index >= 15 is 0 Å². The van der Waals surface area contributed by atoms with Gasteiger partial charge in [-0.1, -0.05) is 0 Å². The van der Waals surface area contributed by atoms with Crippen molar-refractivity contribution in [3.8, 4) is 0 Å². The van der Waals surface area contributed by atoms with Crippen LogP contribution in [0.5, 0.6) is 0 Å². The summed E-state index contributed by atoms with van der Waals surface area (Å²) < 4.78 is 4.58. The first-order valence-electron chi connectivity index (χ1n) is 4.82. The lowest BCUT2D eigenvalue weighted by Gasteiger charge is -2.26. The number of aliphatic hydroxyl groups is 1. The molecule has 0 amide bonds. The van der Waals surface area contributed by atoms with Crippen molar-refractivity contribution in [3.05, 3.63) is 0 Å². The molecular formula is C10H21NO3S. The first-order chi connectivity index (χ1) is 6.75. The molecule has 0 fully saturated rings. The Hall–Kier alpha value is -0.260. The molecule has 0 aliphatic rings. The van der Waals surface area contributed by atoms with Gasteiger partial charge < -0.3 is 15.2 Å². The van der Waals surface area contributed by atoms with Crippen LogP contribution in [0.15, 0.2) is 0 Å². The highest BCUT2D eigenvalue weighted by Crippen LogP contribution is 2.19. The Morgan fingerprint density at radius 3 is 2.33 bits per heavy atom. The number of thioether (sulfide) groups is 1. The highest BCUT2D eigenvalue weighted by atomic mass is 32.2. The molecule has 0 saturated carbocycles. The fourth-order valence-corrected chi connectivity index (χ4v) is 1.22. The predicted octanol–water partition coefficient (Wildman–Crippen LogP) is 0.642. The second-order valence-electron chi connectivity index (χ2n) is 4.33.